The van der Waals surface area contributed by atoms with Gasteiger partial charge in [0.15, 0.2) is 0 Å². The van der Waals surface area contributed by atoms with E-state index in [2.05, 4.69) is 18.7 Å². The summed E-state index contributed by atoms with van der Waals surface area (Å²) in [7, 11) is 1.37. The van der Waals surface area contributed by atoms with Crippen LogP contribution in [0.2, 0.25) is 0 Å². The minimum atomic E-state index is -0.380. The number of carbonyl (C=O) groups is 1. The average Bonchev–Trinajstić information content (AvgIpc) is 2.68. The molecule has 1 aliphatic rings. The lowest BCUT2D eigenvalue weighted by Gasteiger charge is -2.26. The Labute approximate surface area is 108 Å². The Morgan fingerprint density at radius 1 is 1.44 bits per heavy atom. The van der Waals surface area contributed by atoms with E-state index in [4.69, 9.17) is 10.5 Å². The van der Waals surface area contributed by atoms with Gasteiger partial charge in [-0.25, -0.2) is 4.79 Å². The summed E-state index contributed by atoms with van der Waals surface area (Å²) >= 11 is 0. The zero-order valence-electron chi connectivity index (χ0n) is 11.1. The molecule has 18 heavy (non-hydrogen) atoms. The third-order valence-electron chi connectivity index (χ3n) is 3.58. The highest BCUT2D eigenvalue weighted by Gasteiger charge is 2.28. The van der Waals surface area contributed by atoms with Gasteiger partial charge in [0.05, 0.1) is 24.0 Å². The van der Waals surface area contributed by atoms with Crippen LogP contribution >= 0.6 is 0 Å². The fraction of sp³-hybridized carbons (Fsp3) is 0.500. The molecular weight excluding hydrogens is 228 g/mol. The number of hydrogen-bond acceptors (Lipinski definition) is 4. The Kier molecular flexibility index (Phi) is 3.45. The number of para-hydroxylation sites is 1. The van der Waals surface area contributed by atoms with Crippen LogP contribution in [0.5, 0.6) is 0 Å². The molecule has 0 aliphatic carbocycles. The second kappa shape index (κ2) is 4.88. The molecule has 2 rings (SSSR count). The van der Waals surface area contributed by atoms with Crippen molar-refractivity contribution in [1.29, 1.82) is 0 Å². The standard InChI is InChI=1S/C14H20N2O2/c1-9-7-10(2)16(8-9)12-6-4-5-11(13(12)15)14(17)18-3/h4-6,9-10H,7-8,15H2,1-3H3. The van der Waals surface area contributed by atoms with E-state index in [9.17, 15) is 4.79 Å². The lowest BCUT2D eigenvalue weighted by atomic mass is 10.1. The molecule has 1 fully saturated rings. The zero-order chi connectivity index (χ0) is 13.3. The van der Waals surface area contributed by atoms with Crippen LogP contribution in [0.4, 0.5) is 11.4 Å². The number of nitrogens with two attached hydrogens (primary N) is 1. The van der Waals surface area contributed by atoms with Gasteiger partial charge in [-0.1, -0.05) is 13.0 Å². The van der Waals surface area contributed by atoms with Crippen molar-refractivity contribution in [3.05, 3.63) is 23.8 Å². The van der Waals surface area contributed by atoms with Gasteiger partial charge in [0.1, 0.15) is 0 Å². The van der Waals surface area contributed by atoms with Crippen LogP contribution in [0.15, 0.2) is 18.2 Å². The van der Waals surface area contributed by atoms with Gasteiger partial charge in [0, 0.05) is 12.6 Å². The maximum Gasteiger partial charge on any atom is 0.340 e. The summed E-state index contributed by atoms with van der Waals surface area (Å²) in [6.45, 7) is 5.40. The van der Waals surface area contributed by atoms with Crippen LogP contribution in [-0.4, -0.2) is 25.7 Å². The smallest absolute Gasteiger partial charge is 0.340 e. The van der Waals surface area contributed by atoms with Gasteiger partial charge in [0.25, 0.3) is 0 Å². The average molecular weight is 248 g/mol. The van der Waals surface area contributed by atoms with E-state index in [1.807, 2.05) is 12.1 Å². The number of benzene rings is 1. The van der Waals surface area contributed by atoms with E-state index in [0.29, 0.717) is 23.2 Å². The van der Waals surface area contributed by atoms with Crippen molar-refractivity contribution < 1.29 is 9.53 Å². The van der Waals surface area contributed by atoms with Crippen LogP contribution in [0.3, 0.4) is 0 Å². The molecule has 1 saturated heterocycles. The molecule has 0 spiro atoms. The van der Waals surface area contributed by atoms with Crippen molar-refractivity contribution in [2.24, 2.45) is 5.92 Å². The van der Waals surface area contributed by atoms with Crippen molar-refractivity contribution in [2.75, 3.05) is 24.3 Å². The molecule has 1 aromatic rings. The maximum absolute atomic E-state index is 11.6. The fourth-order valence-electron chi connectivity index (χ4n) is 2.73. The van der Waals surface area contributed by atoms with Crippen molar-refractivity contribution in [3.8, 4) is 0 Å². The van der Waals surface area contributed by atoms with Gasteiger partial charge in [-0.3, -0.25) is 0 Å². The second-order valence-corrected chi connectivity index (χ2v) is 5.07. The number of nitrogens with zero attached hydrogens (tertiary/aromatic N) is 1. The van der Waals surface area contributed by atoms with Crippen molar-refractivity contribution >= 4 is 17.3 Å². The fourth-order valence-corrected chi connectivity index (χ4v) is 2.73. The summed E-state index contributed by atoms with van der Waals surface area (Å²) in [5, 5.41) is 0. The van der Waals surface area contributed by atoms with Crippen LogP contribution in [0.1, 0.15) is 30.6 Å². The number of ether oxygens (including phenoxy) is 1. The molecule has 1 aliphatic heterocycles. The molecule has 4 nitrogen and oxygen atoms in total. The van der Waals surface area contributed by atoms with Gasteiger partial charge in [-0.05, 0) is 31.4 Å². The predicted octanol–water partition coefficient (Wildman–Crippen LogP) is 2.29. The minimum Gasteiger partial charge on any atom is -0.465 e. The summed E-state index contributed by atoms with van der Waals surface area (Å²) in [6.07, 6.45) is 1.15. The molecule has 4 heteroatoms. The first-order valence-corrected chi connectivity index (χ1v) is 6.28. The minimum absolute atomic E-state index is 0.380. The van der Waals surface area contributed by atoms with Crippen LogP contribution in [0, 0.1) is 5.92 Å². The lowest BCUT2D eigenvalue weighted by Crippen LogP contribution is -2.28. The van der Waals surface area contributed by atoms with E-state index in [1.165, 1.54) is 7.11 Å². The van der Waals surface area contributed by atoms with E-state index in [0.717, 1.165) is 18.7 Å². The van der Waals surface area contributed by atoms with Crippen LogP contribution in [-0.2, 0) is 4.74 Å². The van der Waals surface area contributed by atoms with Gasteiger partial charge in [-0.15, -0.1) is 0 Å². The Morgan fingerprint density at radius 2 is 2.17 bits per heavy atom. The summed E-state index contributed by atoms with van der Waals surface area (Å²) in [5.41, 5.74) is 8.01. The number of anilines is 2. The van der Waals surface area contributed by atoms with Gasteiger partial charge >= 0.3 is 5.97 Å². The second-order valence-electron chi connectivity index (χ2n) is 5.07. The molecule has 1 aromatic carbocycles. The highest BCUT2D eigenvalue weighted by atomic mass is 16.5. The number of esters is 1. The highest BCUT2D eigenvalue weighted by molar-refractivity contribution is 5.98. The van der Waals surface area contributed by atoms with E-state index >= 15 is 0 Å². The molecule has 2 N–H and O–H groups in total. The molecule has 0 aromatic heterocycles. The molecule has 2 atom stereocenters. The molecule has 1 heterocycles. The molecule has 0 amide bonds. The molecule has 2 unspecified atom stereocenters. The monoisotopic (exact) mass is 248 g/mol. The van der Waals surface area contributed by atoms with E-state index in [-0.39, 0.29) is 5.97 Å². The molecule has 98 valence electrons. The number of methoxy groups -OCH3 is 1. The van der Waals surface area contributed by atoms with Crippen LogP contribution < -0.4 is 10.6 Å². The van der Waals surface area contributed by atoms with Gasteiger partial charge in [-0.2, -0.15) is 0 Å². The van der Waals surface area contributed by atoms with Crippen molar-refractivity contribution in [2.45, 2.75) is 26.3 Å². The third-order valence-corrected chi connectivity index (χ3v) is 3.58. The third kappa shape index (κ3) is 2.15. The molecule has 0 radical (unpaired) electrons. The number of nitrogen functional groups attached to an aromatic ring is 1. The van der Waals surface area contributed by atoms with E-state index < -0.39 is 0 Å². The van der Waals surface area contributed by atoms with Crippen molar-refractivity contribution in [1.82, 2.24) is 0 Å². The first kappa shape index (κ1) is 12.7. The first-order valence-electron chi connectivity index (χ1n) is 6.28. The highest BCUT2D eigenvalue weighted by Crippen LogP contribution is 2.34. The quantitative estimate of drug-likeness (QED) is 0.644. The zero-order valence-corrected chi connectivity index (χ0v) is 11.1. The molecule has 0 saturated carbocycles. The lowest BCUT2D eigenvalue weighted by molar-refractivity contribution is 0.0602. The molecule has 0 bridgehead atoms. The Hall–Kier alpha value is -1.71. The van der Waals surface area contributed by atoms with Crippen LogP contribution in [0.25, 0.3) is 0 Å². The van der Waals surface area contributed by atoms with Crippen molar-refractivity contribution in [3.63, 3.8) is 0 Å². The summed E-state index contributed by atoms with van der Waals surface area (Å²) in [5.74, 6) is 0.274. The maximum atomic E-state index is 11.6. The SMILES string of the molecule is COC(=O)c1cccc(N2CC(C)CC2C)c1N. The first-order chi connectivity index (χ1) is 8.54. The Balaban J connectivity index is 2.37. The van der Waals surface area contributed by atoms with E-state index in [1.54, 1.807) is 6.07 Å². The summed E-state index contributed by atoms with van der Waals surface area (Å²) in [6, 6.07) is 5.98. The predicted molar refractivity (Wildman–Crippen MR) is 72.8 cm³/mol. The Bertz CT molecular complexity index is 459. The number of hydrogen-bond donors (Lipinski definition) is 1. The number of carbonyl (C=O) groups excluding carboxylic acids is 1. The number of rotatable bonds is 2. The normalized spacial score (nSPS) is 23.2. The Morgan fingerprint density at radius 3 is 2.72 bits per heavy atom. The van der Waals surface area contributed by atoms with Gasteiger partial charge < -0.3 is 15.4 Å². The summed E-state index contributed by atoms with van der Waals surface area (Å²) in [4.78, 5) is 13.9. The van der Waals surface area contributed by atoms with Gasteiger partial charge in [0.2, 0.25) is 0 Å². The largest absolute Gasteiger partial charge is 0.465 e. The topological polar surface area (TPSA) is 55.6 Å². The molecular formula is C14H20N2O2. The summed E-state index contributed by atoms with van der Waals surface area (Å²) < 4.78 is 4.75.